The van der Waals surface area contributed by atoms with Crippen LogP contribution in [0.4, 0.5) is 0 Å². The van der Waals surface area contributed by atoms with E-state index in [-0.39, 0.29) is 12.0 Å². The van der Waals surface area contributed by atoms with Crippen LogP contribution in [0, 0.1) is 0 Å². The van der Waals surface area contributed by atoms with Crippen LogP contribution in [0.25, 0.3) is 0 Å². The number of carbonyl (C=O) groups is 1. The van der Waals surface area contributed by atoms with E-state index in [4.69, 9.17) is 4.74 Å². The Hall–Kier alpha value is -0.870. The Morgan fingerprint density at radius 1 is 1.44 bits per heavy atom. The van der Waals surface area contributed by atoms with E-state index in [1.807, 2.05) is 11.0 Å². The normalized spacial score (nSPS) is 25.0. The zero-order valence-corrected chi connectivity index (χ0v) is 11.1. The molecule has 2 rings (SSSR count). The van der Waals surface area contributed by atoms with Gasteiger partial charge in [0.2, 0.25) is 5.91 Å². The van der Waals surface area contributed by atoms with Crippen molar-refractivity contribution in [3.05, 3.63) is 12.7 Å². The molecule has 1 aliphatic heterocycles. The van der Waals surface area contributed by atoms with Gasteiger partial charge in [-0.15, -0.1) is 6.58 Å². The summed E-state index contributed by atoms with van der Waals surface area (Å²) in [5.41, 5.74) is 0. The Balaban J connectivity index is 1.87. The number of amides is 1. The topological polar surface area (TPSA) is 41.6 Å². The highest BCUT2D eigenvalue weighted by Gasteiger charge is 2.28. The molecular weight excluding hydrogens is 228 g/mol. The summed E-state index contributed by atoms with van der Waals surface area (Å²) in [6, 6.07) is 0.423. The first-order chi connectivity index (χ1) is 8.81. The van der Waals surface area contributed by atoms with Gasteiger partial charge in [-0.1, -0.05) is 18.9 Å². The number of carbonyl (C=O) groups excluding carboxylic acids is 1. The number of morpholine rings is 1. The van der Waals surface area contributed by atoms with Gasteiger partial charge in [-0.05, 0) is 12.8 Å². The van der Waals surface area contributed by atoms with Gasteiger partial charge in [-0.2, -0.15) is 0 Å². The van der Waals surface area contributed by atoms with E-state index >= 15 is 0 Å². The summed E-state index contributed by atoms with van der Waals surface area (Å²) in [5.74, 6) is 0.218. The molecular formula is C14H24N2O2. The van der Waals surface area contributed by atoms with Crippen molar-refractivity contribution in [2.45, 2.75) is 44.2 Å². The van der Waals surface area contributed by atoms with Crippen LogP contribution in [0.15, 0.2) is 12.7 Å². The van der Waals surface area contributed by atoms with E-state index in [9.17, 15) is 4.79 Å². The van der Waals surface area contributed by atoms with Crippen LogP contribution in [0.1, 0.15) is 32.1 Å². The number of rotatable bonds is 5. The molecule has 102 valence electrons. The van der Waals surface area contributed by atoms with Crippen LogP contribution in [-0.4, -0.2) is 49.2 Å². The smallest absolute Gasteiger partial charge is 0.225 e. The highest BCUT2D eigenvalue weighted by atomic mass is 16.5. The van der Waals surface area contributed by atoms with Crippen LogP contribution in [0.5, 0.6) is 0 Å². The third kappa shape index (κ3) is 3.56. The first-order valence-electron chi connectivity index (χ1n) is 7.04. The van der Waals surface area contributed by atoms with E-state index in [0.29, 0.717) is 25.6 Å². The number of nitrogens with zero attached hydrogens (tertiary/aromatic N) is 1. The summed E-state index contributed by atoms with van der Waals surface area (Å²) in [7, 11) is 0. The molecule has 0 spiro atoms. The van der Waals surface area contributed by atoms with E-state index in [1.165, 1.54) is 12.8 Å². The Bertz CT molecular complexity index is 282. The van der Waals surface area contributed by atoms with Crippen molar-refractivity contribution in [2.24, 2.45) is 0 Å². The SMILES string of the molecule is C=CCN(C(=O)CC1CNCCO1)C1CCCC1. The summed E-state index contributed by atoms with van der Waals surface area (Å²) >= 11 is 0. The maximum atomic E-state index is 12.4. The molecule has 1 unspecified atom stereocenters. The van der Waals surface area contributed by atoms with Gasteiger partial charge in [0.25, 0.3) is 0 Å². The van der Waals surface area contributed by atoms with E-state index in [1.54, 1.807) is 0 Å². The van der Waals surface area contributed by atoms with Gasteiger partial charge in [0.1, 0.15) is 0 Å². The van der Waals surface area contributed by atoms with Crippen LogP contribution in [0.3, 0.4) is 0 Å². The molecule has 1 atom stereocenters. The molecule has 4 nitrogen and oxygen atoms in total. The summed E-state index contributed by atoms with van der Waals surface area (Å²) in [4.78, 5) is 14.4. The fourth-order valence-corrected chi connectivity index (χ4v) is 2.87. The Morgan fingerprint density at radius 3 is 2.83 bits per heavy atom. The van der Waals surface area contributed by atoms with Gasteiger partial charge in [0.05, 0.1) is 19.1 Å². The van der Waals surface area contributed by atoms with Crippen molar-refractivity contribution >= 4 is 5.91 Å². The second kappa shape index (κ2) is 6.90. The molecule has 2 aliphatic rings. The second-order valence-electron chi connectivity index (χ2n) is 5.17. The monoisotopic (exact) mass is 252 g/mol. The van der Waals surface area contributed by atoms with Crippen molar-refractivity contribution in [1.29, 1.82) is 0 Å². The molecule has 1 saturated carbocycles. The lowest BCUT2D eigenvalue weighted by Crippen LogP contribution is -2.45. The zero-order valence-electron chi connectivity index (χ0n) is 11.1. The van der Waals surface area contributed by atoms with Crippen molar-refractivity contribution in [3.63, 3.8) is 0 Å². The van der Waals surface area contributed by atoms with Crippen molar-refractivity contribution in [2.75, 3.05) is 26.2 Å². The highest BCUT2D eigenvalue weighted by Crippen LogP contribution is 2.24. The summed E-state index contributed by atoms with van der Waals surface area (Å²) < 4.78 is 5.60. The minimum absolute atomic E-state index is 0.0416. The molecule has 1 N–H and O–H groups in total. The Kier molecular flexibility index (Phi) is 5.20. The number of hydrogen-bond acceptors (Lipinski definition) is 3. The van der Waals surface area contributed by atoms with Crippen LogP contribution < -0.4 is 5.32 Å². The number of nitrogens with one attached hydrogen (secondary N) is 1. The minimum Gasteiger partial charge on any atom is -0.375 e. The van der Waals surface area contributed by atoms with E-state index < -0.39 is 0 Å². The molecule has 1 saturated heterocycles. The lowest BCUT2D eigenvalue weighted by atomic mass is 10.1. The average molecular weight is 252 g/mol. The van der Waals surface area contributed by atoms with Crippen molar-refractivity contribution in [3.8, 4) is 0 Å². The van der Waals surface area contributed by atoms with E-state index in [2.05, 4.69) is 11.9 Å². The van der Waals surface area contributed by atoms with Gasteiger partial charge in [-0.3, -0.25) is 4.79 Å². The standard InChI is InChI=1S/C14H24N2O2/c1-2-8-16(12-5-3-4-6-12)14(17)10-13-11-15-7-9-18-13/h2,12-13,15H,1,3-11H2. The predicted octanol–water partition coefficient (Wildman–Crippen LogP) is 1.32. The zero-order chi connectivity index (χ0) is 12.8. The molecule has 0 bridgehead atoms. The molecule has 18 heavy (non-hydrogen) atoms. The molecule has 0 aromatic rings. The summed E-state index contributed by atoms with van der Waals surface area (Å²) in [6.07, 6.45) is 7.14. The molecule has 1 aliphatic carbocycles. The van der Waals surface area contributed by atoms with Crippen LogP contribution in [-0.2, 0) is 9.53 Å². The largest absolute Gasteiger partial charge is 0.375 e. The second-order valence-corrected chi connectivity index (χ2v) is 5.17. The van der Waals surface area contributed by atoms with Crippen molar-refractivity contribution < 1.29 is 9.53 Å². The molecule has 4 heteroatoms. The quantitative estimate of drug-likeness (QED) is 0.750. The molecule has 2 fully saturated rings. The van der Waals surface area contributed by atoms with Gasteiger partial charge in [0, 0.05) is 25.7 Å². The third-order valence-electron chi connectivity index (χ3n) is 3.82. The number of ether oxygens (including phenoxy) is 1. The minimum atomic E-state index is 0.0416. The maximum Gasteiger partial charge on any atom is 0.225 e. The van der Waals surface area contributed by atoms with Crippen LogP contribution in [0.2, 0.25) is 0 Å². The average Bonchev–Trinajstić information content (AvgIpc) is 2.90. The highest BCUT2D eigenvalue weighted by molar-refractivity contribution is 5.77. The van der Waals surface area contributed by atoms with Gasteiger partial charge < -0.3 is 15.0 Å². The first kappa shape index (κ1) is 13.6. The van der Waals surface area contributed by atoms with Crippen molar-refractivity contribution in [1.82, 2.24) is 10.2 Å². The molecule has 0 aromatic heterocycles. The van der Waals surface area contributed by atoms with Gasteiger partial charge in [0.15, 0.2) is 0 Å². The molecule has 1 heterocycles. The van der Waals surface area contributed by atoms with Crippen LogP contribution >= 0.6 is 0 Å². The first-order valence-corrected chi connectivity index (χ1v) is 7.04. The predicted molar refractivity (Wildman–Crippen MR) is 71.4 cm³/mol. The lowest BCUT2D eigenvalue weighted by Gasteiger charge is -2.30. The van der Waals surface area contributed by atoms with Gasteiger partial charge in [-0.25, -0.2) is 0 Å². The lowest BCUT2D eigenvalue weighted by molar-refractivity contribution is -0.136. The van der Waals surface area contributed by atoms with Gasteiger partial charge >= 0.3 is 0 Å². The molecule has 0 radical (unpaired) electrons. The summed E-state index contributed by atoms with van der Waals surface area (Å²) in [5, 5.41) is 3.26. The molecule has 0 aromatic carbocycles. The van der Waals surface area contributed by atoms with E-state index in [0.717, 1.165) is 25.9 Å². The fraction of sp³-hybridized carbons (Fsp3) is 0.786. The Morgan fingerprint density at radius 2 is 2.22 bits per heavy atom. The number of hydrogen-bond donors (Lipinski definition) is 1. The third-order valence-corrected chi connectivity index (χ3v) is 3.82. The maximum absolute atomic E-state index is 12.4. The fourth-order valence-electron chi connectivity index (χ4n) is 2.87. The Labute approximate surface area is 109 Å². The molecule has 1 amide bonds. The summed E-state index contributed by atoms with van der Waals surface area (Å²) in [6.45, 7) is 6.83.